The minimum atomic E-state index is 0.0467. The van der Waals surface area contributed by atoms with Crippen molar-refractivity contribution in [2.75, 3.05) is 12.3 Å². The van der Waals surface area contributed by atoms with E-state index in [2.05, 4.69) is 46.8 Å². The van der Waals surface area contributed by atoms with Crippen molar-refractivity contribution in [3.05, 3.63) is 28.8 Å². The van der Waals surface area contributed by atoms with Crippen LogP contribution in [0.5, 0.6) is 0 Å². The highest BCUT2D eigenvalue weighted by molar-refractivity contribution is 7.65. The molecule has 1 heteroatoms. The molecular weight excluding hydrogens is 319 g/mol. The zero-order valence-electron chi connectivity index (χ0n) is 17.8. The summed E-state index contributed by atoms with van der Waals surface area (Å²) in [7, 11) is 0.0467. The molecular formula is C24H43P. The lowest BCUT2D eigenvalue weighted by atomic mass is 9.91. The Morgan fingerprint density at radius 1 is 0.640 bits per heavy atom. The molecule has 0 aromatic heterocycles. The van der Waals surface area contributed by atoms with E-state index in [4.69, 9.17) is 0 Å². The first-order chi connectivity index (χ1) is 12.2. The van der Waals surface area contributed by atoms with Crippen molar-refractivity contribution in [2.24, 2.45) is 0 Å². The summed E-state index contributed by atoms with van der Waals surface area (Å²) in [5, 5.41) is 1.77. The van der Waals surface area contributed by atoms with E-state index in [1.54, 1.807) is 22.0 Å². The first-order valence-corrected chi connectivity index (χ1v) is 12.8. The van der Waals surface area contributed by atoms with E-state index >= 15 is 0 Å². The van der Waals surface area contributed by atoms with Crippen LogP contribution in [0.2, 0.25) is 0 Å². The van der Waals surface area contributed by atoms with Crippen molar-refractivity contribution in [1.82, 2.24) is 0 Å². The molecule has 0 aliphatic heterocycles. The van der Waals surface area contributed by atoms with Gasteiger partial charge in [-0.3, -0.25) is 0 Å². The van der Waals surface area contributed by atoms with Crippen molar-refractivity contribution in [3.8, 4) is 0 Å². The largest absolute Gasteiger partial charge is 0.0753 e. The van der Waals surface area contributed by atoms with Crippen molar-refractivity contribution < 1.29 is 0 Å². The maximum Gasteiger partial charge on any atom is -0.0206 e. The molecule has 1 rings (SSSR count). The molecule has 1 aromatic carbocycles. The molecule has 0 bridgehead atoms. The number of rotatable bonds is 14. The second-order valence-electron chi connectivity index (χ2n) is 7.44. The molecule has 0 saturated carbocycles. The molecule has 0 saturated heterocycles. The molecule has 1 unspecified atom stereocenters. The second kappa shape index (κ2) is 13.8. The van der Waals surface area contributed by atoms with Crippen LogP contribution in [0.25, 0.3) is 0 Å². The van der Waals surface area contributed by atoms with Gasteiger partial charge in [0.2, 0.25) is 0 Å². The molecule has 1 aromatic rings. The molecule has 0 radical (unpaired) electrons. The zero-order chi connectivity index (χ0) is 18.5. The molecule has 25 heavy (non-hydrogen) atoms. The van der Waals surface area contributed by atoms with Crippen LogP contribution in [0, 0.1) is 0 Å². The number of unbranched alkanes of at least 4 members (excludes halogenated alkanes) is 4. The molecule has 0 aliphatic rings. The summed E-state index contributed by atoms with van der Waals surface area (Å²) >= 11 is 0. The van der Waals surface area contributed by atoms with Gasteiger partial charge in [-0.05, 0) is 79.3 Å². The van der Waals surface area contributed by atoms with E-state index in [1.165, 1.54) is 83.0 Å². The minimum Gasteiger partial charge on any atom is -0.0753 e. The van der Waals surface area contributed by atoms with Gasteiger partial charge in [-0.15, -0.1) is 0 Å². The molecule has 0 heterocycles. The van der Waals surface area contributed by atoms with E-state index in [1.807, 2.05) is 0 Å². The fraction of sp³-hybridized carbons (Fsp3) is 0.750. The van der Waals surface area contributed by atoms with Gasteiger partial charge in [0.25, 0.3) is 0 Å². The topological polar surface area (TPSA) is 0 Å². The third-order valence-electron chi connectivity index (χ3n) is 5.37. The van der Waals surface area contributed by atoms with E-state index < -0.39 is 0 Å². The van der Waals surface area contributed by atoms with E-state index in [0.717, 1.165) is 0 Å². The summed E-state index contributed by atoms with van der Waals surface area (Å²) in [5.41, 5.74) is 5.22. The van der Waals surface area contributed by atoms with Crippen molar-refractivity contribution in [2.45, 2.75) is 105 Å². The number of aryl methyl sites for hydroxylation is 1. The van der Waals surface area contributed by atoms with Crippen LogP contribution in [0.4, 0.5) is 0 Å². The van der Waals surface area contributed by atoms with E-state index in [-0.39, 0.29) is 7.92 Å². The first kappa shape index (κ1) is 22.7. The average molecular weight is 363 g/mol. The number of benzene rings is 1. The quantitative estimate of drug-likeness (QED) is 0.298. The van der Waals surface area contributed by atoms with Gasteiger partial charge in [0, 0.05) is 0 Å². The molecule has 0 spiro atoms. The Hall–Kier alpha value is -0.350. The van der Waals surface area contributed by atoms with E-state index in [9.17, 15) is 0 Å². The van der Waals surface area contributed by atoms with Crippen LogP contribution in [0.15, 0.2) is 12.1 Å². The molecule has 1 atom stereocenters. The van der Waals surface area contributed by atoms with Gasteiger partial charge in [0.1, 0.15) is 0 Å². The lowest BCUT2D eigenvalue weighted by molar-refractivity contribution is 0.737. The van der Waals surface area contributed by atoms with Gasteiger partial charge in [-0.25, -0.2) is 0 Å². The Balaban J connectivity index is 3.27. The molecule has 0 amide bonds. The van der Waals surface area contributed by atoms with Gasteiger partial charge in [0.05, 0.1) is 0 Å². The standard InChI is InChI=1S/C24H43P/c1-6-11-15-21-18-19-24(25(10-5)20-14-9-4)23(17-13-8-3)22(21)16-12-7-2/h18-19H,6-17,20H2,1-5H3. The van der Waals surface area contributed by atoms with E-state index in [0.29, 0.717) is 0 Å². The smallest absolute Gasteiger partial charge is 0.0206 e. The number of hydrogen-bond acceptors (Lipinski definition) is 0. The highest BCUT2D eigenvalue weighted by Crippen LogP contribution is 2.38. The molecule has 0 fully saturated rings. The van der Waals surface area contributed by atoms with Gasteiger partial charge < -0.3 is 0 Å². The molecule has 0 nitrogen and oxygen atoms in total. The van der Waals surface area contributed by atoms with Crippen molar-refractivity contribution in [3.63, 3.8) is 0 Å². The summed E-state index contributed by atoms with van der Waals surface area (Å²) in [6.07, 6.45) is 17.4. The fourth-order valence-electron chi connectivity index (χ4n) is 3.72. The van der Waals surface area contributed by atoms with Crippen LogP contribution in [-0.4, -0.2) is 12.3 Å². The predicted molar refractivity (Wildman–Crippen MR) is 119 cm³/mol. The second-order valence-corrected chi connectivity index (χ2v) is 10.1. The predicted octanol–water partition coefficient (Wildman–Crippen LogP) is 7.64. The average Bonchev–Trinajstić information content (AvgIpc) is 2.64. The Morgan fingerprint density at radius 2 is 1.20 bits per heavy atom. The van der Waals surface area contributed by atoms with Crippen molar-refractivity contribution >= 4 is 13.2 Å². The van der Waals surface area contributed by atoms with Gasteiger partial charge in [-0.2, -0.15) is 0 Å². The maximum absolute atomic E-state index is 2.55. The number of hydrogen-bond donors (Lipinski definition) is 0. The van der Waals surface area contributed by atoms with Gasteiger partial charge in [-0.1, -0.05) is 80.4 Å². The maximum atomic E-state index is 2.55. The van der Waals surface area contributed by atoms with Crippen LogP contribution >= 0.6 is 7.92 Å². The molecule has 144 valence electrons. The molecule has 0 N–H and O–H groups in total. The Morgan fingerprint density at radius 3 is 1.76 bits per heavy atom. The lowest BCUT2D eigenvalue weighted by Gasteiger charge is -2.25. The Labute approximate surface area is 160 Å². The third-order valence-corrected chi connectivity index (χ3v) is 8.09. The summed E-state index contributed by atoms with van der Waals surface area (Å²) in [6, 6.07) is 5.07. The van der Waals surface area contributed by atoms with Crippen molar-refractivity contribution in [1.29, 1.82) is 0 Å². The summed E-state index contributed by atoms with van der Waals surface area (Å²) in [6.45, 7) is 11.7. The van der Waals surface area contributed by atoms with Gasteiger partial charge >= 0.3 is 0 Å². The zero-order valence-corrected chi connectivity index (χ0v) is 18.7. The normalized spacial score (nSPS) is 12.5. The summed E-state index contributed by atoms with van der Waals surface area (Å²) in [4.78, 5) is 0. The highest BCUT2D eigenvalue weighted by Gasteiger charge is 2.18. The van der Waals surface area contributed by atoms with Crippen LogP contribution in [0.1, 0.15) is 103 Å². The monoisotopic (exact) mass is 362 g/mol. The van der Waals surface area contributed by atoms with Crippen LogP contribution < -0.4 is 5.30 Å². The fourth-order valence-corrected chi connectivity index (χ4v) is 6.23. The summed E-state index contributed by atoms with van der Waals surface area (Å²) < 4.78 is 0. The van der Waals surface area contributed by atoms with Gasteiger partial charge in [0.15, 0.2) is 0 Å². The molecule has 0 aliphatic carbocycles. The summed E-state index contributed by atoms with van der Waals surface area (Å²) in [5.74, 6) is 0. The third kappa shape index (κ3) is 7.42. The lowest BCUT2D eigenvalue weighted by Crippen LogP contribution is -2.17. The SMILES string of the molecule is CCCCc1ccc(P(CC)CCCC)c(CCCC)c1CCCC. The van der Waals surface area contributed by atoms with Crippen LogP contribution in [-0.2, 0) is 19.3 Å². The highest BCUT2D eigenvalue weighted by atomic mass is 31.1. The minimum absolute atomic E-state index is 0.0467. The van der Waals surface area contributed by atoms with Crippen LogP contribution in [0.3, 0.4) is 0 Å². The first-order valence-electron chi connectivity index (χ1n) is 11.1. The Kier molecular flexibility index (Phi) is 12.5. The Bertz CT molecular complexity index is 463.